The molecule has 25 heavy (non-hydrogen) atoms. The summed E-state index contributed by atoms with van der Waals surface area (Å²) in [6, 6.07) is 15.3. The molecule has 0 saturated heterocycles. The van der Waals surface area contributed by atoms with Crippen LogP contribution in [0.4, 0.5) is 0 Å². The minimum absolute atomic E-state index is 0.0880. The van der Waals surface area contributed by atoms with E-state index in [-0.39, 0.29) is 12.3 Å². The smallest absolute Gasteiger partial charge is 0.247 e. The average molecular weight is 356 g/mol. The first kappa shape index (κ1) is 17.2. The van der Waals surface area contributed by atoms with Crippen molar-refractivity contribution in [2.24, 2.45) is 0 Å². The molecule has 1 aromatic heterocycles. The number of hydrogen-bond acceptors (Lipinski definition) is 4. The Balaban J connectivity index is 1.51. The summed E-state index contributed by atoms with van der Waals surface area (Å²) in [5.41, 5.74) is 2.92. The first-order valence-corrected chi connectivity index (χ1v) is 8.39. The lowest BCUT2D eigenvalue weighted by molar-refractivity contribution is -0.121. The summed E-state index contributed by atoms with van der Waals surface area (Å²) in [5.74, 6) is 0.824. The number of aryl methyl sites for hydroxylation is 2. The Bertz CT molecular complexity index is 859. The zero-order valence-corrected chi connectivity index (χ0v) is 14.6. The number of halogens is 1. The molecule has 3 aromatic rings. The maximum atomic E-state index is 12.0. The standard InChI is InChI=1S/C19H18ClN3O2/c1-13-6-8-14(9-7-13)19-23-22-18(25-19)11-10-17(24)21-12-15-4-2-3-5-16(15)20/h2-9H,10-12H2,1H3,(H,21,24). The van der Waals surface area contributed by atoms with E-state index in [1.54, 1.807) is 6.07 Å². The van der Waals surface area contributed by atoms with E-state index >= 15 is 0 Å². The SMILES string of the molecule is Cc1ccc(-c2nnc(CCC(=O)NCc3ccccc3Cl)o2)cc1. The van der Waals surface area contributed by atoms with Crippen LogP contribution in [0, 0.1) is 6.92 Å². The lowest BCUT2D eigenvalue weighted by atomic mass is 10.1. The third-order valence-electron chi connectivity index (χ3n) is 3.77. The van der Waals surface area contributed by atoms with Crippen molar-refractivity contribution in [2.75, 3.05) is 0 Å². The van der Waals surface area contributed by atoms with Crippen LogP contribution in [-0.4, -0.2) is 16.1 Å². The zero-order chi connectivity index (χ0) is 17.6. The maximum absolute atomic E-state index is 12.0. The monoisotopic (exact) mass is 355 g/mol. The van der Waals surface area contributed by atoms with Gasteiger partial charge < -0.3 is 9.73 Å². The molecule has 0 fully saturated rings. The molecule has 2 aromatic carbocycles. The number of nitrogens with zero attached hydrogens (tertiary/aromatic N) is 2. The highest BCUT2D eigenvalue weighted by molar-refractivity contribution is 6.31. The first-order chi connectivity index (χ1) is 12.1. The van der Waals surface area contributed by atoms with Gasteiger partial charge in [0, 0.05) is 30.0 Å². The number of aromatic nitrogens is 2. The summed E-state index contributed by atoms with van der Waals surface area (Å²) in [6.45, 7) is 2.42. The van der Waals surface area contributed by atoms with Crippen LogP contribution in [0.2, 0.25) is 5.02 Å². The van der Waals surface area contributed by atoms with E-state index in [0.29, 0.717) is 29.8 Å². The number of carbonyl (C=O) groups is 1. The number of benzene rings is 2. The van der Waals surface area contributed by atoms with Gasteiger partial charge in [0.25, 0.3) is 0 Å². The van der Waals surface area contributed by atoms with Gasteiger partial charge in [0.05, 0.1) is 0 Å². The van der Waals surface area contributed by atoms with E-state index in [9.17, 15) is 4.79 Å². The molecule has 3 rings (SSSR count). The minimum Gasteiger partial charge on any atom is -0.421 e. The van der Waals surface area contributed by atoms with Gasteiger partial charge in [0.1, 0.15) is 0 Å². The molecule has 0 aliphatic carbocycles. The highest BCUT2D eigenvalue weighted by Crippen LogP contribution is 2.19. The summed E-state index contributed by atoms with van der Waals surface area (Å²) in [4.78, 5) is 12.0. The van der Waals surface area contributed by atoms with Gasteiger partial charge in [-0.1, -0.05) is 47.5 Å². The van der Waals surface area contributed by atoms with Crippen LogP contribution in [0.3, 0.4) is 0 Å². The van der Waals surface area contributed by atoms with E-state index < -0.39 is 0 Å². The first-order valence-electron chi connectivity index (χ1n) is 8.01. The zero-order valence-electron chi connectivity index (χ0n) is 13.8. The van der Waals surface area contributed by atoms with E-state index in [1.807, 2.05) is 49.4 Å². The van der Waals surface area contributed by atoms with Gasteiger partial charge in [-0.3, -0.25) is 4.79 Å². The molecule has 0 aliphatic heterocycles. The Morgan fingerprint density at radius 3 is 2.64 bits per heavy atom. The number of rotatable bonds is 6. The van der Waals surface area contributed by atoms with E-state index in [1.165, 1.54) is 5.56 Å². The van der Waals surface area contributed by atoms with Crippen molar-refractivity contribution in [3.63, 3.8) is 0 Å². The predicted octanol–water partition coefficient (Wildman–Crippen LogP) is 3.95. The second-order valence-corrected chi connectivity index (χ2v) is 6.14. The molecule has 0 unspecified atom stereocenters. The molecule has 0 aliphatic rings. The highest BCUT2D eigenvalue weighted by Gasteiger charge is 2.11. The van der Waals surface area contributed by atoms with Gasteiger partial charge in [0.15, 0.2) is 0 Å². The second kappa shape index (κ2) is 7.94. The molecule has 1 N–H and O–H groups in total. The number of hydrogen-bond donors (Lipinski definition) is 1. The van der Waals surface area contributed by atoms with Crippen LogP contribution in [0.1, 0.15) is 23.4 Å². The molecule has 0 bridgehead atoms. The van der Waals surface area contributed by atoms with Gasteiger partial charge in [-0.05, 0) is 30.7 Å². The fourth-order valence-corrected chi connectivity index (χ4v) is 2.51. The fourth-order valence-electron chi connectivity index (χ4n) is 2.31. The molecule has 0 saturated carbocycles. The number of nitrogens with one attached hydrogen (secondary N) is 1. The van der Waals surface area contributed by atoms with Crippen LogP contribution in [-0.2, 0) is 17.8 Å². The average Bonchev–Trinajstić information content (AvgIpc) is 3.09. The van der Waals surface area contributed by atoms with Crippen molar-refractivity contribution in [1.29, 1.82) is 0 Å². The molecular formula is C19H18ClN3O2. The topological polar surface area (TPSA) is 68.0 Å². The Morgan fingerprint density at radius 1 is 1.12 bits per heavy atom. The molecule has 0 spiro atoms. The van der Waals surface area contributed by atoms with E-state index in [0.717, 1.165) is 11.1 Å². The maximum Gasteiger partial charge on any atom is 0.247 e. The molecule has 0 radical (unpaired) electrons. The molecule has 1 heterocycles. The van der Waals surface area contributed by atoms with Crippen molar-refractivity contribution < 1.29 is 9.21 Å². The van der Waals surface area contributed by atoms with E-state index in [2.05, 4.69) is 15.5 Å². The minimum atomic E-state index is -0.0880. The lowest BCUT2D eigenvalue weighted by Gasteiger charge is -2.06. The van der Waals surface area contributed by atoms with Gasteiger partial charge in [-0.15, -0.1) is 10.2 Å². The van der Waals surface area contributed by atoms with Gasteiger partial charge in [0.2, 0.25) is 17.7 Å². The van der Waals surface area contributed by atoms with Crippen molar-refractivity contribution in [1.82, 2.24) is 15.5 Å². The molecule has 0 atom stereocenters. The van der Waals surface area contributed by atoms with Crippen LogP contribution in [0.25, 0.3) is 11.5 Å². The van der Waals surface area contributed by atoms with Crippen molar-refractivity contribution >= 4 is 17.5 Å². The largest absolute Gasteiger partial charge is 0.421 e. The number of amides is 1. The Hall–Kier alpha value is -2.66. The molecular weight excluding hydrogens is 338 g/mol. The van der Waals surface area contributed by atoms with Crippen molar-refractivity contribution in [3.05, 3.63) is 70.6 Å². The summed E-state index contributed by atoms with van der Waals surface area (Å²) >= 11 is 6.07. The molecule has 128 valence electrons. The molecule has 1 amide bonds. The highest BCUT2D eigenvalue weighted by atomic mass is 35.5. The third-order valence-corrected chi connectivity index (χ3v) is 4.13. The Kier molecular flexibility index (Phi) is 5.46. The van der Waals surface area contributed by atoms with Crippen LogP contribution >= 0.6 is 11.6 Å². The van der Waals surface area contributed by atoms with Crippen LogP contribution < -0.4 is 5.32 Å². The predicted molar refractivity (Wildman–Crippen MR) is 96.1 cm³/mol. The third kappa shape index (κ3) is 4.67. The van der Waals surface area contributed by atoms with Gasteiger partial charge in [-0.2, -0.15) is 0 Å². The Morgan fingerprint density at radius 2 is 1.88 bits per heavy atom. The molecule has 6 heteroatoms. The summed E-state index contributed by atoms with van der Waals surface area (Å²) < 4.78 is 5.62. The Labute approximate surface area is 151 Å². The summed E-state index contributed by atoms with van der Waals surface area (Å²) in [7, 11) is 0. The van der Waals surface area contributed by atoms with Gasteiger partial charge in [-0.25, -0.2) is 0 Å². The fraction of sp³-hybridized carbons (Fsp3) is 0.211. The van der Waals surface area contributed by atoms with E-state index in [4.69, 9.17) is 16.0 Å². The quantitative estimate of drug-likeness (QED) is 0.727. The lowest BCUT2D eigenvalue weighted by Crippen LogP contribution is -2.23. The van der Waals surface area contributed by atoms with Gasteiger partial charge >= 0.3 is 0 Å². The summed E-state index contributed by atoms with van der Waals surface area (Å²) in [6.07, 6.45) is 0.674. The second-order valence-electron chi connectivity index (χ2n) is 5.74. The van der Waals surface area contributed by atoms with Crippen LogP contribution in [0.5, 0.6) is 0 Å². The van der Waals surface area contributed by atoms with Crippen molar-refractivity contribution in [2.45, 2.75) is 26.3 Å². The van der Waals surface area contributed by atoms with Crippen LogP contribution in [0.15, 0.2) is 52.9 Å². The summed E-state index contributed by atoms with van der Waals surface area (Å²) in [5, 5.41) is 11.5. The molecule has 5 nitrogen and oxygen atoms in total. The van der Waals surface area contributed by atoms with Crippen molar-refractivity contribution in [3.8, 4) is 11.5 Å². The number of carbonyl (C=O) groups excluding carboxylic acids is 1. The normalized spacial score (nSPS) is 10.6.